The van der Waals surface area contributed by atoms with E-state index in [2.05, 4.69) is 10.3 Å². The molecule has 4 heteroatoms. The standard InChI is InChI=1S/C12H12N2OS/c1-8-3-4-10(9(2)7-8)14-11(15)12-13-5-6-16-12/h3-7H,1-2H3,(H,14,15). The molecule has 0 saturated carbocycles. The van der Waals surface area contributed by atoms with Gasteiger partial charge in [0.05, 0.1) is 0 Å². The van der Waals surface area contributed by atoms with Gasteiger partial charge in [-0.05, 0) is 25.5 Å². The third kappa shape index (κ3) is 2.28. The number of benzene rings is 1. The Morgan fingerprint density at radius 3 is 2.81 bits per heavy atom. The maximum absolute atomic E-state index is 11.7. The van der Waals surface area contributed by atoms with Crippen molar-refractivity contribution in [2.24, 2.45) is 0 Å². The molecule has 1 amide bonds. The van der Waals surface area contributed by atoms with Gasteiger partial charge in [-0.2, -0.15) is 0 Å². The average Bonchev–Trinajstić information content (AvgIpc) is 2.75. The molecule has 16 heavy (non-hydrogen) atoms. The van der Waals surface area contributed by atoms with E-state index in [0.717, 1.165) is 11.3 Å². The lowest BCUT2D eigenvalue weighted by Crippen LogP contribution is -2.12. The predicted octanol–water partition coefficient (Wildman–Crippen LogP) is 3.01. The molecule has 0 radical (unpaired) electrons. The topological polar surface area (TPSA) is 42.0 Å². The van der Waals surface area contributed by atoms with Crippen LogP contribution in [0.15, 0.2) is 29.8 Å². The number of rotatable bonds is 2. The third-order valence-electron chi connectivity index (χ3n) is 2.26. The zero-order valence-electron chi connectivity index (χ0n) is 9.15. The largest absolute Gasteiger partial charge is 0.320 e. The van der Waals surface area contributed by atoms with Gasteiger partial charge in [0.25, 0.3) is 5.91 Å². The van der Waals surface area contributed by atoms with E-state index in [4.69, 9.17) is 0 Å². The van der Waals surface area contributed by atoms with Gasteiger partial charge in [-0.3, -0.25) is 4.79 Å². The van der Waals surface area contributed by atoms with Crippen molar-refractivity contribution in [2.45, 2.75) is 13.8 Å². The summed E-state index contributed by atoms with van der Waals surface area (Å²) in [6.07, 6.45) is 1.63. The van der Waals surface area contributed by atoms with E-state index >= 15 is 0 Å². The Kier molecular flexibility index (Phi) is 3.01. The molecule has 0 aliphatic rings. The van der Waals surface area contributed by atoms with Gasteiger partial charge >= 0.3 is 0 Å². The van der Waals surface area contributed by atoms with Crippen LogP contribution in [0.2, 0.25) is 0 Å². The summed E-state index contributed by atoms with van der Waals surface area (Å²) in [4.78, 5) is 15.7. The molecule has 0 saturated heterocycles. The van der Waals surface area contributed by atoms with Crippen LogP contribution in [-0.4, -0.2) is 10.9 Å². The molecule has 82 valence electrons. The van der Waals surface area contributed by atoms with Gasteiger partial charge in [0.2, 0.25) is 0 Å². The smallest absolute Gasteiger partial charge is 0.284 e. The van der Waals surface area contributed by atoms with Gasteiger partial charge < -0.3 is 5.32 Å². The van der Waals surface area contributed by atoms with Crippen molar-refractivity contribution in [2.75, 3.05) is 5.32 Å². The Morgan fingerprint density at radius 2 is 2.19 bits per heavy atom. The molecule has 1 heterocycles. The van der Waals surface area contributed by atoms with Gasteiger partial charge in [0.15, 0.2) is 5.01 Å². The first-order valence-corrected chi connectivity index (χ1v) is 5.83. The minimum atomic E-state index is -0.151. The molecular formula is C12H12N2OS. The molecule has 2 aromatic rings. The van der Waals surface area contributed by atoms with Crippen LogP contribution >= 0.6 is 11.3 Å². The zero-order chi connectivity index (χ0) is 11.5. The van der Waals surface area contributed by atoms with Crippen LogP contribution in [0.4, 0.5) is 5.69 Å². The van der Waals surface area contributed by atoms with E-state index in [9.17, 15) is 4.79 Å². The van der Waals surface area contributed by atoms with Crippen molar-refractivity contribution in [3.63, 3.8) is 0 Å². The zero-order valence-corrected chi connectivity index (χ0v) is 9.97. The Morgan fingerprint density at radius 1 is 1.38 bits per heavy atom. The normalized spacial score (nSPS) is 10.1. The first-order chi connectivity index (χ1) is 7.66. The fraction of sp³-hybridized carbons (Fsp3) is 0.167. The Labute approximate surface area is 98.2 Å². The fourth-order valence-electron chi connectivity index (χ4n) is 1.47. The quantitative estimate of drug-likeness (QED) is 0.864. The molecule has 1 N–H and O–H groups in total. The SMILES string of the molecule is Cc1ccc(NC(=O)c2nccs2)c(C)c1. The lowest BCUT2D eigenvalue weighted by Gasteiger charge is -2.07. The van der Waals surface area contributed by atoms with Gasteiger partial charge in [-0.25, -0.2) is 4.98 Å². The summed E-state index contributed by atoms with van der Waals surface area (Å²) in [7, 11) is 0. The van der Waals surface area contributed by atoms with Crippen LogP contribution in [0.3, 0.4) is 0 Å². The number of nitrogens with zero attached hydrogens (tertiary/aromatic N) is 1. The first-order valence-electron chi connectivity index (χ1n) is 4.95. The summed E-state index contributed by atoms with van der Waals surface area (Å²) in [6.45, 7) is 4.00. The van der Waals surface area contributed by atoms with Crippen LogP contribution < -0.4 is 5.32 Å². The van der Waals surface area contributed by atoms with Crippen molar-refractivity contribution in [1.29, 1.82) is 0 Å². The molecule has 3 nitrogen and oxygen atoms in total. The van der Waals surface area contributed by atoms with Gasteiger partial charge in [0.1, 0.15) is 0 Å². The lowest BCUT2D eigenvalue weighted by atomic mass is 10.1. The molecule has 2 rings (SSSR count). The summed E-state index contributed by atoms with van der Waals surface area (Å²) in [6, 6.07) is 5.93. The van der Waals surface area contributed by atoms with Crippen LogP contribution in [0.25, 0.3) is 0 Å². The van der Waals surface area contributed by atoms with Gasteiger partial charge in [0, 0.05) is 17.3 Å². The number of nitrogens with one attached hydrogen (secondary N) is 1. The van der Waals surface area contributed by atoms with Crippen molar-refractivity contribution in [3.8, 4) is 0 Å². The Bertz CT molecular complexity index is 506. The Balaban J connectivity index is 2.18. The van der Waals surface area contributed by atoms with Gasteiger partial charge in [-0.15, -0.1) is 11.3 Å². The van der Waals surface area contributed by atoms with E-state index in [1.165, 1.54) is 16.9 Å². The number of aromatic nitrogens is 1. The highest BCUT2D eigenvalue weighted by atomic mass is 32.1. The van der Waals surface area contributed by atoms with Crippen molar-refractivity contribution in [1.82, 2.24) is 4.98 Å². The van der Waals surface area contributed by atoms with Crippen LogP contribution in [0, 0.1) is 13.8 Å². The highest BCUT2D eigenvalue weighted by Crippen LogP contribution is 2.17. The third-order valence-corrected chi connectivity index (χ3v) is 3.03. The molecule has 0 atom stereocenters. The number of carbonyl (C=O) groups is 1. The van der Waals surface area contributed by atoms with Crippen molar-refractivity contribution >= 4 is 22.9 Å². The Hall–Kier alpha value is -1.68. The number of hydrogen-bond acceptors (Lipinski definition) is 3. The van der Waals surface area contributed by atoms with E-state index in [0.29, 0.717) is 5.01 Å². The van der Waals surface area contributed by atoms with E-state index in [1.807, 2.05) is 32.0 Å². The number of amides is 1. The molecule has 1 aromatic heterocycles. The second-order valence-corrected chi connectivity index (χ2v) is 4.50. The predicted molar refractivity (Wildman–Crippen MR) is 66.0 cm³/mol. The molecule has 0 aliphatic carbocycles. The summed E-state index contributed by atoms with van der Waals surface area (Å²) in [5, 5.41) is 5.12. The number of anilines is 1. The summed E-state index contributed by atoms with van der Waals surface area (Å²) in [5.74, 6) is -0.151. The minimum absolute atomic E-state index is 0.151. The minimum Gasteiger partial charge on any atom is -0.320 e. The number of aryl methyl sites for hydroxylation is 2. The summed E-state index contributed by atoms with van der Waals surface area (Å²) >= 11 is 1.34. The number of carbonyl (C=O) groups excluding carboxylic acids is 1. The monoisotopic (exact) mass is 232 g/mol. The average molecular weight is 232 g/mol. The molecule has 0 bridgehead atoms. The molecule has 0 fully saturated rings. The maximum Gasteiger partial charge on any atom is 0.284 e. The fourth-order valence-corrected chi connectivity index (χ4v) is 2.00. The first kappa shape index (κ1) is 10.8. The lowest BCUT2D eigenvalue weighted by molar-refractivity contribution is 0.102. The summed E-state index contributed by atoms with van der Waals surface area (Å²) in [5.41, 5.74) is 3.08. The maximum atomic E-state index is 11.7. The summed E-state index contributed by atoms with van der Waals surface area (Å²) < 4.78 is 0. The van der Waals surface area contributed by atoms with E-state index in [-0.39, 0.29) is 5.91 Å². The number of thiazole rings is 1. The molecule has 0 unspecified atom stereocenters. The van der Waals surface area contributed by atoms with Crippen molar-refractivity contribution < 1.29 is 4.79 Å². The second-order valence-electron chi connectivity index (χ2n) is 3.61. The molecule has 0 spiro atoms. The van der Waals surface area contributed by atoms with Gasteiger partial charge in [-0.1, -0.05) is 17.7 Å². The van der Waals surface area contributed by atoms with Crippen LogP contribution in [0.1, 0.15) is 20.9 Å². The van der Waals surface area contributed by atoms with E-state index in [1.54, 1.807) is 11.6 Å². The number of hydrogen-bond donors (Lipinski definition) is 1. The molecular weight excluding hydrogens is 220 g/mol. The van der Waals surface area contributed by atoms with Crippen LogP contribution in [0.5, 0.6) is 0 Å². The van der Waals surface area contributed by atoms with E-state index < -0.39 is 0 Å². The highest BCUT2D eigenvalue weighted by molar-refractivity contribution is 7.11. The molecule has 0 aliphatic heterocycles. The van der Waals surface area contributed by atoms with Crippen molar-refractivity contribution in [3.05, 3.63) is 45.9 Å². The highest BCUT2D eigenvalue weighted by Gasteiger charge is 2.09. The second kappa shape index (κ2) is 4.45. The van der Waals surface area contributed by atoms with Crippen LogP contribution in [-0.2, 0) is 0 Å². The molecule has 1 aromatic carbocycles.